The van der Waals surface area contributed by atoms with Gasteiger partial charge in [-0.25, -0.2) is 15.0 Å². The highest BCUT2D eigenvalue weighted by atomic mass is 16.5. The van der Waals surface area contributed by atoms with Gasteiger partial charge in [0.05, 0.1) is 11.2 Å². The number of imidazole rings is 1. The van der Waals surface area contributed by atoms with Crippen LogP contribution in [-0.2, 0) is 0 Å². The summed E-state index contributed by atoms with van der Waals surface area (Å²) in [5.41, 5.74) is 6.58. The van der Waals surface area contributed by atoms with Gasteiger partial charge in [0.1, 0.15) is 11.9 Å². The number of hydrogen-bond acceptors (Lipinski definition) is 5. The van der Waals surface area contributed by atoms with Crippen LogP contribution in [0.25, 0.3) is 33.8 Å². The number of nitrogens with one attached hydrogen (secondary N) is 1. The quantitative estimate of drug-likeness (QED) is 0.496. The minimum Gasteiger partial charge on any atom is -0.474 e. The summed E-state index contributed by atoms with van der Waals surface area (Å²) < 4.78 is 6.14. The van der Waals surface area contributed by atoms with E-state index < -0.39 is 0 Å². The third kappa shape index (κ3) is 3.77. The van der Waals surface area contributed by atoms with Gasteiger partial charge in [0.15, 0.2) is 5.65 Å². The van der Waals surface area contributed by atoms with Crippen molar-refractivity contribution in [3.05, 3.63) is 54.0 Å². The van der Waals surface area contributed by atoms with Gasteiger partial charge in [-0.05, 0) is 69.4 Å². The molecule has 4 aromatic rings. The summed E-state index contributed by atoms with van der Waals surface area (Å²) in [5, 5.41) is 0. The normalized spacial score (nSPS) is 14.9. The van der Waals surface area contributed by atoms with E-state index in [1.807, 2.05) is 50.6 Å². The van der Waals surface area contributed by atoms with Gasteiger partial charge in [0, 0.05) is 35.3 Å². The fourth-order valence-electron chi connectivity index (χ4n) is 4.01. The van der Waals surface area contributed by atoms with Gasteiger partial charge in [-0.3, -0.25) is 4.98 Å². The Morgan fingerprint density at radius 1 is 0.900 bits per heavy atom. The SMILES string of the molecule is Cc1cnc2nc(-c3ccc(-c4cnc(OC5CCCCC5)c(C)c4)nc3)[nH]c2c1. The molecule has 0 aromatic carbocycles. The largest absolute Gasteiger partial charge is 0.474 e. The molecule has 4 aromatic heterocycles. The monoisotopic (exact) mass is 399 g/mol. The van der Waals surface area contributed by atoms with Crippen molar-refractivity contribution < 1.29 is 4.74 Å². The number of rotatable bonds is 4. The summed E-state index contributed by atoms with van der Waals surface area (Å²) in [6, 6.07) is 8.17. The minimum atomic E-state index is 0.301. The molecule has 0 saturated heterocycles. The molecule has 5 rings (SSSR count). The lowest BCUT2D eigenvalue weighted by atomic mass is 9.98. The third-order valence-electron chi connectivity index (χ3n) is 5.67. The molecule has 1 aliphatic rings. The van der Waals surface area contributed by atoms with Crippen LogP contribution in [0.5, 0.6) is 5.88 Å². The van der Waals surface area contributed by atoms with E-state index in [0.717, 1.165) is 58.0 Å². The summed E-state index contributed by atoms with van der Waals surface area (Å²) in [7, 11) is 0. The van der Waals surface area contributed by atoms with Crippen LogP contribution in [-0.4, -0.2) is 31.0 Å². The van der Waals surface area contributed by atoms with Crippen molar-refractivity contribution in [3.63, 3.8) is 0 Å². The maximum absolute atomic E-state index is 6.14. The molecule has 30 heavy (non-hydrogen) atoms. The van der Waals surface area contributed by atoms with Crippen LogP contribution in [0.1, 0.15) is 43.2 Å². The summed E-state index contributed by atoms with van der Waals surface area (Å²) in [6.07, 6.45) is 11.9. The number of aromatic amines is 1. The van der Waals surface area contributed by atoms with E-state index in [9.17, 15) is 0 Å². The number of nitrogens with zero attached hydrogens (tertiary/aromatic N) is 4. The standard InChI is InChI=1S/C24H25N5O/c1-15-10-21-23(26-12-15)29-22(28-21)17-8-9-20(25-13-17)18-11-16(2)24(27-14-18)30-19-6-4-3-5-7-19/h8-14,19H,3-7H2,1-2H3,(H,26,28,29). The van der Waals surface area contributed by atoms with E-state index in [0.29, 0.717) is 11.8 Å². The number of fused-ring (bicyclic) bond motifs is 1. The zero-order valence-corrected chi connectivity index (χ0v) is 17.4. The van der Waals surface area contributed by atoms with Crippen molar-refractivity contribution in [3.8, 4) is 28.5 Å². The van der Waals surface area contributed by atoms with Crippen LogP contribution < -0.4 is 4.74 Å². The first kappa shape index (κ1) is 18.7. The van der Waals surface area contributed by atoms with E-state index >= 15 is 0 Å². The molecule has 0 aliphatic heterocycles. The second-order valence-electron chi connectivity index (χ2n) is 8.13. The van der Waals surface area contributed by atoms with Crippen LogP contribution >= 0.6 is 0 Å². The molecule has 1 saturated carbocycles. The topological polar surface area (TPSA) is 76.6 Å². The van der Waals surface area contributed by atoms with Gasteiger partial charge < -0.3 is 9.72 Å². The predicted octanol–water partition coefficient (Wildman–Crippen LogP) is 5.41. The predicted molar refractivity (Wildman–Crippen MR) is 117 cm³/mol. The number of H-pyrrole nitrogens is 1. The Hall–Kier alpha value is -3.28. The molecular weight excluding hydrogens is 374 g/mol. The minimum absolute atomic E-state index is 0.301. The summed E-state index contributed by atoms with van der Waals surface area (Å²) in [6.45, 7) is 4.07. The number of aryl methyl sites for hydroxylation is 2. The number of pyridine rings is 3. The molecule has 6 nitrogen and oxygen atoms in total. The van der Waals surface area contributed by atoms with Crippen molar-refractivity contribution in [2.75, 3.05) is 0 Å². The number of hydrogen-bond donors (Lipinski definition) is 1. The van der Waals surface area contributed by atoms with Gasteiger partial charge in [0.2, 0.25) is 5.88 Å². The molecule has 0 atom stereocenters. The molecule has 1 N–H and O–H groups in total. The smallest absolute Gasteiger partial charge is 0.216 e. The molecule has 1 fully saturated rings. The highest BCUT2D eigenvalue weighted by Gasteiger charge is 2.17. The highest BCUT2D eigenvalue weighted by molar-refractivity contribution is 5.76. The van der Waals surface area contributed by atoms with E-state index in [1.54, 1.807) is 0 Å². The van der Waals surface area contributed by atoms with E-state index in [1.165, 1.54) is 19.3 Å². The van der Waals surface area contributed by atoms with E-state index in [-0.39, 0.29) is 0 Å². The highest BCUT2D eigenvalue weighted by Crippen LogP contribution is 2.28. The molecule has 0 spiro atoms. The molecular formula is C24H25N5O. The maximum Gasteiger partial charge on any atom is 0.216 e. The Labute approximate surface area is 175 Å². The summed E-state index contributed by atoms with van der Waals surface area (Å²) >= 11 is 0. The molecule has 0 unspecified atom stereocenters. The second kappa shape index (κ2) is 7.86. The van der Waals surface area contributed by atoms with Gasteiger partial charge in [-0.1, -0.05) is 6.42 Å². The molecule has 0 amide bonds. The van der Waals surface area contributed by atoms with E-state index in [4.69, 9.17) is 4.74 Å². The average Bonchev–Trinajstić information content (AvgIpc) is 3.19. The van der Waals surface area contributed by atoms with Crippen LogP contribution in [0.4, 0.5) is 0 Å². The van der Waals surface area contributed by atoms with Crippen molar-refractivity contribution >= 4 is 11.2 Å². The second-order valence-corrected chi connectivity index (χ2v) is 8.13. The lowest BCUT2D eigenvalue weighted by Gasteiger charge is -2.23. The van der Waals surface area contributed by atoms with Gasteiger partial charge >= 0.3 is 0 Å². The van der Waals surface area contributed by atoms with Crippen LogP contribution in [0.3, 0.4) is 0 Å². The lowest BCUT2D eigenvalue weighted by molar-refractivity contribution is 0.147. The van der Waals surface area contributed by atoms with Crippen molar-refractivity contribution in [1.82, 2.24) is 24.9 Å². The van der Waals surface area contributed by atoms with Crippen molar-refractivity contribution in [1.29, 1.82) is 0 Å². The number of ether oxygens (including phenoxy) is 1. The van der Waals surface area contributed by atoms with Gasteiger partial charge in [0.25, 0.3) is 0 Å². The zero-order chi connectivity index (χ0) is 20.5. The van der Waals surface area contributed by atoms with Crippen LogP contribution in [0.2, 0.25) is 0 Å². The van der Waals surface area contributed by atoms with Crippen LogP contribution in [0.15, 0.2) is 42.9 Å². The van der Waals surface area contributed by atoms with Gasteiger partial charge in [-0.2, -0.15) is 0 Å². The van der Waals surface area contributed by atoms with Crippen molar-refractivity contribution in [2.24, 2.45) is 0 Å². The lowest BCUT2D eigenvalue weighted by Crippen LogP contribution is -2.20. The van der Waals surface area contributed by atoms with Crippen LogP contribution in [0, 0.1) is 13.8 Å². The molecule has 6 heteroatoms. The summed E-state index contributed by atoms with van der Waals surface area (Å²) in [5.74, 6) is 1.51. The molecule has 4 heterocycles. The first-order chi connectivity index (χ1) is 14.7. The molecule has 0 bridgehead atoms. The van der Waals surface area contributed by atoms with Gasteiger partial charge in [-0.15, -0.1) is 0 Å². The van der Waals surface area contributed by atoms with Crippen molar-refractivity contribution in [2.45, 2.75) is 52.1 Å². The first-order valence-electron chi connectivity index (χ1n) is 10.6. The third-order valence-corrected chi connectivity index (χ3v) is 5.67. The Balaban J connectivity index is 1.36. The fourth-order valence-corrected chi connectivity index (χ4v) is 4.01. The number of aromatic nitrogens is 5. The summed E-state index contributed by atoms with van der Waals surface area (Å²) in [4.78, 5) is 21.5. The molecule has 152 valence electrons. The van der Waals surface area contributed by atoms with E-state index in [2.05, 4.69) is 31.0 Å². The Bertz CT molecular complexity index is 1180. The molecule has 0 radical (unpaired) electrons. The molecule has 1 aliphatic carbocycles. The Morgan fingerprint density at radius 2 is 1.73 bits per heavy atom. The average molecular weight is 399 g/mol. The maximum atomic E-state index is 6.14. The fraction of sp³-hybridized carbons (Fsp3) is 0.333. The first-order valence-corrected chi connectivity index (χ1v) is 10.6. The Kier molecular flexibility index (Phi) is 4.91. The zero-order valence-electron chi connectivity index (χ0n) is 17.4. The Morgan fingerprint density at radius 3 is 2.50 bits per heavy atom.